The summed E-state index contributed by atoms with van der Waals surface area (Å²) in [5, 5.41) is 0. The van der Waals surface area contributed by atoms with Gasteiger partial charge in [-0.2, -0.15) is 0 Å². The van der Waals surface area contributed by atoms with Gasteiger partial charge in [-0.3, -0.25) is 9.59 Å². The van der Waals surface area contributed by atoms with Gasteiger partial charge in [-0.05, 0) is 25.0 Å². The third-order valence-electron chi connectivity index (χ3n) is 3.96. The van der Waals surface area contributed by atoms with E-state index in [2.05, 4.69) is 0 Å². The van der Waals surface area contributed by atoms with Crippen LogP contribution in [0.1, 0.15) is 57.1 Å². The van der Waals surface area contributed by atoms with Crippen molar-refractivity contribution < 1.29 is 18.7 Å². The van der Waals surface area contributed by atoms with E-state index >= 15 is 0 Å². The van der Waals surface area contributed by atoms with Crippen LogP contribution in [0.2, 0.25) is 0 Å². The Morgan fingerprint density at radius 1 is 1.29 bits per heavy atom. The molecular weight excluding hydrogens is 271 g/mol. The Morgan fingerprint density at radius 2 is 2.00 bits per heavy atom. The van der Waals surface area contributed by atoms with E-state index in [4.69, 9.17) is 4.74 Å². The topological polar surface area (TPSA) is 43.4 Å². The maximum Gasteiger partial charge on any atom is 0.306 e. The van der Waals surface area contributed by atoms with Crippen LogP contribution in [0.3, 0.4) is 0 Å². The summed E-state index contributed by atoms with van der Waals surface area (Å²) in [7, 11) is 0. The Hall–Kier alpha value is -1.71. The van der Waals surface area contributed by atoms with Crippen LogP contribution in [0, 0.1) is 11.7 Å². The van der Waals surface area contributed by atoms with Crippen molar-refractivity contribution in [3.05, 3.63) is 35.6 Å². The first-order valence-corrected chi connectivity index (χ1v) is 7.60. The summed E-state index contributed by atoms with van der Waals surface area (Å²) >= 11 is 0. The molecule has 0 radical (unpaired) electrons. The van der Waals surface area contributed by atoms with Crippen LogP contribution in [0.4, 0.5) is 4.39 Å². The largest absolute Gasteiger partial charge is 0.449 e. The molecule has 1 atom stereocenters. The van der Waals surface area contributed by atoms with E-state index < -0.39 is 17.9 Å². The zero-order chi connectivity index (χ0) is 15.2. The molecule has 0 N–H and O–H groups in total. The molecule has 1 unspecified atom stereocenters. The highest BCUT2D eigenvalue weighted by molar-refractivity contribution is 5.88. The summed E-state index contributed by atoms with van der Waals surface area (Å²) in [6, 6.07) is 5.75. The number of halogens is 1. The first-order valence-electron chi connectivity index (χ1n) is 7.60. The molecule has 4 heteroatoms. The maximum atomic E-state index is 13.4. The summed E-state index contributed by atoms with van der Waals surface area (Å²) in [6.07, 6.45) is 4.06. The first kappa shape index (κ1) is 15.7. The van der Waals surface area contributed by atoms with Crippen molar-refractivity contribution in [3.8, 4) is 0 Å². The van der Waals surface area contributed by atoms with Gasteiger partial charge < -0.3 is 4.74 Å². The van der Waals surface area contributed by atoms with Gasteiger partial charge in [0.05, 0.1) is 0 Å². The monoisotopic (exact) mass is 292 g/mol. The van der Waals surface area contributed by atoms with Gasteiger partial charge in [0.2, 0.25) is 0 Å². The molecule has 1 saturated carbocycles. The third kappa shape index (κ3) is 4.13. The molecule has 21 heavy (non-hydrogen) atoms. The number of Topliss-reactive ketones (excluding diaryl/α,β-unsaturated/α-hetero) is 1. The summed E-state index contributed by atoms with van der Waals surface area (Å²) in [6.45, 7) is 1.68. The minimum atomic E-state index is -0.976. The van der Waals surface area contributed by atoms with Crippen LogP contribution in [0.15, 0.2) is 24.3 Å². The van der Waals surface area contributed by atoms with Gasteiger partial charge in [0.15, 0.2) is 11.9 Å². The van der Waals surface area contributed by atoms with Crippen LogP contribution in [0.25, 0.3) is 0 Å². The molecule has 0 spiro atoms. The predicted molar refractivity (Wildman–Crippen MR) is 77.1 cm³/mol. The number of carbonyl (C=O) groups excluding carboxylic acids is 2. The number of esters is 1. The second kappa shape index (κ2) is 7.34. The van der Waals surface area contributed by atoms with E-state index in [1.165, 1.54) is 18.2 Å². The van der Waals surface area contributed by atoms with Crippen molar-refractivity contribution in [2.45, 2.75) is 51.6 Å². The van der Waals surface area contributed by atoms with Gasteiger partial charge in [-0.25, -0.2) is 4.39 Å². The normalized spacial score (nSPS) is 17.2. The number of carbonyl (C=O) groups is 2. The van der Waals surface area contributed by atoms with Crippen LogP contribution >= 0.6 is 0 Å². The van der Waals surface area contributed by atoms with E-state index in [0.717, 1.165) is 32.1 Å². The van der Waals surface area contributed by atoms with E-state index in [0.29, 0.717) is 5.56 Å². The highest BCUT2D eigenvalue weighted by atomic mass is 19.1. The molecule has 1 aromatic rings. The Morgan fingerprint density at radius 3 is 2.62 bits per heavy atom. The van der Waals surface area contributed by atoms with Crippen molar-refractivity contribution in [2.75, 3.05) is 0 Å². The lowest BCUT2D eigenvalue weighted by Crippen LogP contribution is -2.27. The second-order valence-corrected chi connectivity index (χ2v) is 5.52. The van der Waals surface area contributed by atoms with Crippen molar-refractivity contribution in [2.24, 2.45) is 5.92 Å². The Bertz CT molecular complexity index is 507. The minimum Gasteiger partial charge on any atom is -0.449 e. The predicted octanol–water partition coefficient (Wildman–Crippen LogP) is 3.97. The lowest BCUT2D eigenvalue weighted by atomic mass is 9.83. The Labute approximate surface area is 124 Å². The van der Waals surface area contributed by atoms with E-state index in [1.54, 1.807) is 13.0 Å². The average molecular weight is 292 g/mol. The van der Waals surface area contributed by atoms with Gasteiger partial charge in [-0.15, -0.1) is 0 Å². The van der Waals surface area contributed by atoms with Gasteiger partial charge in [-0.1, -0.05) is 38.3 Å². The van der Waals surface area contributed by atoms with Crippen molar-refractivity contribution in [1.29, 1.82) is 0 Å². The SMILES string of the molecule is CCC(=O)OC(C(=O)C1CCCCC1)c1cccc(F)c1. The van der Waals surface area contributed by atoms with Crippen LogP contribution in [-0.2, 0) is 14.3 Å². The summed E-state index contributed by atoms with van der Waals surface area (Å²) in [5.74, 6) is -1.05. The number of hydrogen-bond acceptors (Lipinski definition) is 3. The summed E-state index contributed by atoms with van der Waals surface area (Å²) in [5.41, 5.74) is 0.423. The molecule has 0 saturated heterocycles. The van der Waals surface area contributed by atoms with Crippen LogP contribution < -0.4 is 0 Å². The van der Waals surface area contributed by atoms with Gasteiger partial charge in [0.25, 0.3) is 0 Å². The van der Waals surface area contributed by atoms with Crippen molar-refractivity contribution in [1.82, 2.24) is 0 Å². The lowest BCUT2D eigenvalue weighted by molar-refractivity contribution is -0.157. The summed E-state index contributed by atoms with van der Waals surface area (Å²) in [4.78, 5) is 24.3. The maximum absolute atomic E-state index is 13.4. The third-order valence-corrected chi connectivity index (χ3v) is 3.96. The molecule has 1 fully saturated rings. The number of ketones is 1. The highest BCUT2D eigenvalue weighted by Gasteiger charge is 2.32. The zero-order valence-electron chi connectivity index (χ0n) is 12.3. The molecular formula is C17H21FO3. The minimum absolute atomic E-state index is 0.0864. The Balaban J connectivity index is 2.22. The molecule has 2 rings (SSSR count). The number of benzene rings is 1. The fourth-order valence-electron chi connectivity index (χ4n) is 2.78. The molecule has 3 nitrogen and oxygen atoms in total. The average Bonchev–Trinajstić information content (AvgIpc) is 2.52. The van der Waals surface area contributed by atoms with Gasteiger partial charge in [0.1, 0.15) is 5.82 Å². The molecule has 0 bridgehead atoms. The van der Waals surface area contributed by atoms with Crippen molar-refractivity contribution in [3.63, 3.8) is 0 Å². The number of ether oxygens (including phenoxy) is 1. The van der Waals surface area contributed by atoms with Gasteiger partial charge in [0, 0.05) is 17.9 Å². The van der Waals surface area contributed by atoms with Gasteiger partial charge >= 0.3 is 5.97 Å². The van der Waals surface area contributed by atoms with Crippen molar-refractivity contribution >= 4 is 11.8 Å². The molecule has 0 amide bonds. The number of hydrogen-bond donors (Lipinski definition) is 0. The standard InChI is InChI=1S/C17H21FO3/c1-2-15(19)21-17(13-9-6-10-14(18)11-13)16(20)12-7-4-3-5-8-12/h6,9-12,17H,2-5,7-8H2,1H3. The second-order valence-electron chi connectivity index (χ2n) is 5.52. The van der Waals surface area contributed by atoms with Crippen LogP contribution in [0.5, 0.6) is 0 Å². The number of rotatable bonds is 5. The first-order chi connectivity index (χ1) is 10.1. The lowest BCUT2D eigenvalue weighted by Gasteiger charge is -2.25. The Kier molecular flexibility index (Phi) is 5.48. The molecule has 0 aromatic heterocycles. The molecule has 1 aliphatic carbocycles. The molecule has 1 aliphatic rings. The van der Waals surface area contributed by atoms with Crippen LogP contribution in [-0.4, -0.2) is 11.8 Å². The smallest absolute Gasteiger partial charge is 0.306 e. The fourth-order valence-corrected chi connectivity index (χ4v) is 2.78. The molecule has 0 heterocycles. The summed E-state index contributed by atoms with van der Waals surface area (Å²) < 4.78 is 18.7. The van der Waals surface area contributed by atoms with E-state index in [-0.39, 0.29) is 18.1 Å². The molecule has 1 aromatic carbocycles. The fraction of sp³-hybridized carbons (Fsp3) is 0.529. The molecule has 114 valence electrons. The molecule has 0 aliphatic heterocycles. The highest BCUT2D eigenvalue weighted by Crippen LogP contribution is 2.31. The van der Waals surface area contributed by atoms with E-state index in [9.17, 15) is 14.0 Å². The van der Waals surface area contributed by atoms with E-state index in [1.807, 2.05) is 0 Å². The zero-order valence-corrected chi connectivity index (χ0v) is 12.3. The quantitative estimate of drug-likeness (QED) is 0.771.